The van der Waals surface area contributed by atoms with Crippen LogP contribution in [0.5, 0.6) is 5.75 Å². The van der Waals surface area contributed by atoms with Crippen LogP contribution in [0.4, 0.5) is 0 Å². The maximum Gasteiger partial charge on any atom is 0.257 e. The molecule has 1 heterocycles. The van der Waals surface area contributed by atoms with Gasteiger partial charge in [-0.2, -0.15) is 0 Å². The van der Waals surface area contributed by atoms with Gasteiger partial charge < -0.3 is 15.1 Å². The van der Waals surface area contributed by atoms with Gasteiger partial charge in [-0.3, -0.25) is 4.79 Å². The van der Waals surface area contributed by atoms with Gasteiger partial charge in [0.2, 0.25) is 0 Å². The number of rotatable bonds is 1. The van der Waals surface area contributed by atoms with Gasteiger partial charge in [-0.05, 0) is 37.5 Å². The molecule has 2 fully saturated rings. The Morgan fingerprint density at radius 3 is 2.90 bits per heavy atom. The first-order valence-electron chi connectivity index (χ1n) is 7.50. The molecule has 21 heavy (non-hydrogen) atoms. The van der Waals surface area contributed by atoms with Crippen molar-refractivity contribution in [1.82, 2.24) is 4.90 Å². The van der Waals surface area contributed by atoms with Crippen LogP contribution < -0.4 is 0 Å². The first kappa shape index (κ1) is 14.9. The minimum Gasteiger partial charge on any atom is -0.507 e. The number of likely N-dealkylation sites (tertiary alicyclic amines) is 1. The minimum absolute atomic E-state index is 0.00106. The van der Waals surface area contributed by atoms with Crippen LogP contribution in [0.2, 0.25) is 0 Å². The third-order valence-corrected chi connectivity index (χ3v) is 5.40. The van der Waals surface area contributed by atoms with E-state index in [0.717, 1.165) is 30.2 Å². The van der Waals surface area contributed by atoms with Gasteiger partial charge in [0.1, 0.15) is 5.75 Å². The Hall–Kier alpha value is -1.07. The van der Waals surface area contributed by atoms with E-state index in [1.54, 1.807) is 17.0 Å². The molecule has 3 rings (SSSR count). The summed E-state index contributed by atoms with van der Waals surface area (Å²) in [6.45, 7) is 1.15. The first-order valence-corrected chi connectivity index (χ1v) is 8.29. The summed E-state index contributed by atoms with van der Waals surface area (Å²) in [5, 5.41) is 20.6. The number of phenols is 1. The van der Waals surface area contributed by atoms with E-state index in [1.807, 2.05) is 0 Å². The summed E-state index contributed by atoms with van der Waals surface area (Å²) in [4.78, 5) is 14.4. The predicted octanol–water partition coefficient (Wildman–Crippen LogP) is 2.92. The van der Waals surface area contributed by atoms with E-state index in [-0.39, 0.29) is 17.6 Å². The van der Waals surface area contributed by atoms with Crippen molar-refractivity contribution < 1.29 is 15.0 Å². The van der Waals surface area contributed by atoms with E-state index in [2.05, 4.69) is 15.9 Å². The SMILES string of the molecule is O=C(c1ccc(Br)cc1O)N1CCC2(O)CCCCC2C1. The lowest BCUT2D eigenvalue weighted by Gasteiger charge is -2.47. The number of halogens is 1. The highest BCUT2D eigenvalue weighted by molar-refractivity contribution is 9.10. The number of benzene rings is 1. The summed E-state index contributed by atoms with van der Waals surface area (Å²) in [5.41, 5.74) is -0.254. The fourth-order valence-electron chi connectivity index (χ4n) is 3.61. The summed E-state index contributed by atoms with van der Waals surface area (Å²) in [6.07, 6.45) is 4.67. The van der Waals surface area contributed by atoms with Gasteiger partial charge in [-0.1, -0.05) is 28.8 Å². The molecule has 0 bridgehead atoms. The summed E-state index contributed by atoms with van der Waals surface area (Å²) >= 11 is 3.28. The van der Waals surface area contributed by atoms with E-state index in [1.165, 1.54) is 6.07 Å². The molecule has 0 aromatic heterocycles. The predicted molar refractivity (Wildman–Crippen MR) is 83.2 cm³/mol. The van der Waals surface area contributed by atoms with Crippen LogP contribution >= 0.6 is 15.9 Å². The van der Waals surface area contributed by atoms with Crippen LogP contribution in [0, 0.1) is 5.92 Å². The number of carbonyl (C=O) groups is 1. The highest BCUT2D eigenvalue weighted by Gasteiger charge is 2.43. The number of fused-ring (bicyclic) bond motifs is 1. The Balaban J connectivity index is 1.77. The Morgan fingerprint density at radius 2 is 2.14 bits per heavy atom. The number of hydrogen-bond acceptors (Lipinski definition) is 3. The highest BCUT2D eigenvalue weighted by atomic mass is 79.9. The standard InChI is InChI=1S/C16H20BrNO3/c17-12-4-5-13(14(19)9-12)15(20)18-8-7-16(21)6-2-1-3-11(16)10-18/h4-5,9,11,19,21H,1-3,6-8,10H2. The molecule has 1 aromatic carbocycles. The summed E-state index contributed by atoms with van der Waals surface area (Å²) in [5.74, 6) is 0.0213. The minimum atomic E-state index is -0.587. The lowest BCUT2D eigenvalue weighted by Crippen LogP contribution is -2.54. The number of hydrogen-bond donors (Lipinski definition) is 2. The molecule has 1 saturated heterocycles. The molecule has 4 nitrogen and oxygen atoms in total. The van der Waals surface area contributed by atoms with Crippen LogP contribution in [0.15, 0.2) is 22.7 Å². The Morgan fingerprint density at radius 1 is 1.33 bits per heavy atom. The summed E-state index contributed by atoms with van der Waals surface area (Å²) < 4.78 is 0.747. The zero-order chi connectivity index (χ0) is 15.0. The van der Waals surface area contributed by atoms with Gasteiger partial charge >= 0.3 is 0 Å². The largest absolute Gasteiger partial charge is 0.507 e. The van der Waals surface area contributed by atoms with Crippen molar-refractivity contribution in [3.8, 4) is 5.75 Å². The summed E-state index contributed by atoms with van der Waals surface area (Å²) in [7, 11) is 0. The lowest BCUT2D eigenvalue weighted by atomic mass is 9.71. The molecular formula is C16H20BrNO3. The molecule has 114 valence electrons. The molecule has 2 unspecified atom stereocenters. The second-order valence-corrected chi connectivity index (χ2v) is 7.12. The number of aliphatic hydroxyl groups is 1. The molecular weight excluding hydrogens is 334 g/mol. The maximum atomic E-state index is 12.6. The monoisotopic (exact) mass is 353 g/mol. The van der Waals surface area contributed by atoms with Gasteiger partial charge in [0.25, 0.3) is 5.91 Å². The number of piperidine rings is 1. The second kappa shape index (κ2) is 5.61. The van der Waals surface area contributed by atoms with Gasteiger partial charge in [-0.25, -0.2) is 0 Å². The van der Waals surface area contributed by atoms with E-state index in [0.29, 0.717) is 25.1 Å². The van der Waals surface area contributed by atoms with Gasteiger partial charge in [-0.15, -0.1) is 0 Å². The molecule has 0 radical (unpaired) electrons. The molecule has 1 saturated carbocycles. The average molecular weight is 354 g/mol. The third kappa shape index (κ3) is 2.81. The molecule has 1 amide bonds. The van der Waals surface area contributed by atoms with E-state index >= 15 is 0 Å². The molecule has 1 aromatic rings. The van der Waals surface area contributed by atoms with Crippen molar-refractivity contribution in [1.29, 1.82) is 0 Å². The van der Waals surface area contributed by atoms with Crippen molar-refractivity contribution in [2.24, 2.45) is 5.92 Å². The Kier molecular flexibility index (Phi) is 3.97. The third-order valence-electron chi connectivity index (χ3n) is 4.91. The highest BCUT2D eigenvalue weighted by Crippen LogP contribution is 2.40. The number of aromatic hydroxyl groups is 1. The van der Waals surface area contributed by atoms with Gasteiger partial charge in [0, 0.05) is 23.5 Å². The fourth-order valence-corrected chi connectivity index (χ4v) is 3.96. The van der Waals surface area contributed by atoms with Crippen molar-refractivity contribution in [2.75, 3.05) is 13.1 Å². The van der Waals surface area contributed by atoms with Gasteiger partial charge in [0.15, 0.2) is 0 Å². The zero-order valence-corrected chi connectivity index (χ0v) is 13.5. The first-order chi connectivity index (χ1) is 9.99. The van der Waals surface area contributed by atoms with Crippen molar-refractivity contribution in [2.45, 2.75) is 37.7 Å². The molecule has 0 spiro atoms. The molecule has 2 atom stereocenters. The van der Waals surface area contributed by atoms with Crippen molar-refractivity contribution in [3.05, 3.63) is 28.2 Å². The number of carbonyl (C=O) groups excluding carboxylic acids is 1. The quantitative estimate of drug-likeness (QED) is 0.815. The Bertz CT molecular complexity index is 562. The topological polar surface area (TPSA) is 60.8 Å². The molecule has 5 heteroatoms. The smallest absolute Gasteiger partial charge is 0.257 e. The van der Waals surface area contributed by atoms with Crippen LogP contribution in [0.1, 0.15) is 42.5 Å². The van der Waals surface area contributed by atoms with Crippen LogP contribution in [-0.4, -0.2) is 39.7 Å². The van der Waals surface area contributed by atoms with E-state index in [9.17, 15) is 15.0 Å². The Labute approximate surface area is 132 Å². The van der Waals surface area contributed by atoms with Gasteiger partial charge in [0.05, 0.1) is 11.2 Å². The molecule has 2 N–H and O–H groups in total. The normalized spacial score (nSPS) is 29.0. The van der Waals surface area contributed by atoms with Crippen molar-refractivity contribution in [3.63, 3.8) is 0 Å². The summed E-state index contributed by atoms with van der Waals surface area (Å²) in [6, 6.07) is 4.94. The average Bonchev–Trinajstić information content (AvgIpc) is 2.45. The molecule has 1 aliphatic carbocycles. The van der Waals surface area contributed by atoms with Crippen LogP contribution in [-0.2, 0) is 0 Å². The number of amides is 1. The van der Waals surface area contributed by atoms with E-state index in [4.69, 9.17) is 0 Å². The number of phenolic OH excluding ortho intramolecular Hbond substituents is 1. The fraction of sp³-hybridized carbons (Fsp3) is 0.562. The lowest BCUT2D eigenvalue weighted by molar-refractivity contribution is -0.0886. The molecule has 1 aliphatic heterocycles. The molecule has 2 aliphatic rings. The second-order valence-electron chi connectivity index (χ2n) is 6.21. The number of nitrogens with zero attached hydrogens (tertiary/aromatic N) is 1. The van der Waals surface area contributed by atoms with E-state index < -0.39 is 5.60 Å². The van der Waals surface area contributed by atoms with Crippen LogP contribution in [0.25, 0.3) is 0 Å². The maximum absolute atomic E-state index is 12.6. The van der Waals surface area contributed by atoms with Crippen molar-refractivity contribution >= 4 is 21.8 Å². The van der Waals surface area contributed by atoms with Crippen LogP contribution in [0.3, 0.4) is 0 Å². The zero-order valence-electron chi connectivity index (χ0n) is 11.9.